The van der Waals surface area contributed by atoms with Gasteiger partial charge in [0.2, 0.25) is 5.91 Å². The molecule has 0 saturated carbocycles. The van der Waals surface area contributed by atoms with E-state index in [4.69, 9.17) is 9.84 Å². The van der Waals surface area contributed by atoms with Crippen molar-refractivity contribution in [2.75, 3.05) is 16.8 Å². The van der Waals surface area contributed by atoms with E-state index in [0.717, 1.165) is 0 Å². The van der Waals surface area contributed by atoms with E-state index < -0.39 is 18.0 Å². The number of Topliss-reactive ketones (excluding diaryl/α,β-unsaturated/α-hetero) is 1. The fourth-order valence-corrected chi connectivity index (χ4v) is 2.49. The molecule has 1 aliphatic rings. The SMILES string of the molecule is CCC1Oc2cc(NC(=O)CCC(=O)O)ccc2N(CC(C)=O)C1=O. The van der Waals surface area contributed by atoms with Gasteiger partial charge in [-0.3, -0.25) is 24.1 Å². The first-order valence-electron chi connectivity index (χ1n) is 7.95. The number of carboxylic acid groups (broad SMARTS) is 1. The molecule has 8 nitrogen and oxygen atoms in total. The first kappa shape index (κ1) is 18.4. The number of benzene rings is 1. The number of rotatable bonds is 7. The second kappa shape index (κ2) is 7.78. The fraction of sp³-hybridized carbons (Fsp3) is 0.412. The van der Waals surface area contributed by atoms with Crippen LogP contribution in [0.2, 0.25) is 0 Å². The molecule has 1 aromatic rings. The highest BCUT2D eigenvalue weighted by Crippen LogP contribution is 2.36. The highest BCUT2D eigenvalue weighted by atomic mass is 16.5. The molecule has 1 aromatic carbocycles. The van der Waals surface area contributed by atoms with Crippen LogP contribution in [0.4, 0.5) is 11.4 Å². The lowest BCUT2D eigenvalue weighted by Gasteiger charge is -2.33. The van der Waals surface area contributed by atoms with E-state index in [0.29, 0.717) is 23.5 Å². The summed E-state index contributed by atoms with van der Waals surface area (Å²) in [5, 5.41) is 11.2. The number of fused-ring (bicyclic) bond motifs is 1. The van der Waals surface area contributed by atoms with Crippen LogP contribution in [0.25, 0.3) is 0 Å². The molecule has 0 aliphatic carbocycles. The molecule has 0 saturated heterocycles. The van der Waals surface area contributed by atoms with Crippen molar-refractivity contribution in [3.63, 3.8) is 0 Å². The van der Waals surface area contributed by atoms with Crippen LogP contribution >= 0.6 is 0 Å². The van der Waals surface area contributed by atoms with Crippen molar-refractivity contribution >= 4 is 34.9 Å². The third-order valence-corrected chi connectivity index (χ3v) is 3.66. The van der Waals surface area contributed by atoms with Gasteiger partial charge in [-0.15, -0.1) is 0 Å². The van der Waals surface area contributed by atoms with E-state index in [-0.39, 0.29) is 31.1 Å². The Morgan fingerprint density at radius 1 is 1.28 bits per heavy atom. The van der Waals surface area contributed by atoms with Crippen molar-refractivity contribution in [1.82, 2.24) is 0 Å². The molecule has 8 heteroatoms. The van der Waals surface area contributed by atoms with Crippen molar-refractivity contribution in [2.24, 2.45) is 0 Å². The monoisotopic (exact) mass is 348 g/mol. The van der Waals surface area contributed by atoms with Crippen molar-refractivity contribution in [3.8, 4) is 5.75 Å². The number of aliphatic carboxylic acids is 1. The van der Waals surface area contributed by atoms with E-state index in [1.54, 1.807) is 25.1 Å². The Balaban J connectivity index is 2.22. The predicted molar refractivity (Wildman–Crippen MR) is 89.7 cm³/mol. The Kier molecular flexibility index (Phi) is 5.74. The number of carbonyl (C=O) groups is 4. The van der Waals surface area contributed by atoms with Gasteiger partial charge in [0.05, 0.1) is 18.7 Å². The van der Waals surface area contributed by atoms with Gasteiger partial charge < -0.3 is 15.2 Å². The predicted octanol–water partition coefficient (Wildman–Crippen LogP) is 1.58. The minimum atomic E-state index is -1.05. The number of hydrogen-bond acceptors (Lipinski definition) is 5. The molecule has 0 radical (unpaired) electrons. The highest BCUT2D eigenvalue weighted by Gasteiger charge is 2.34. The normalized spacial score (nSPS) is 16.0. The Bertz CT molecular complexity index is 715. The molecular formula is C17H20N2O6. The van der Waals surface area contributed by atoms with E-state index in [1.807, 2.05) is 0 Å². The molecule has 2 amide bonds. The Hall–Kier alpha value is -2.90. The molecule has 1 unspecified atom stereocenters. The number of ketones is 1. The van der Waals surface area contributed by atoms with Crippen molar-refractivity contribution in [1.29, 1.82) is 0 Å². The van der Waals surface area contributed by atoms with Crippen molar-refractivity contribution < 1.29 is 29.0 Å². The lowest BCUT2D eigenvalue weighted by atomic mass is 10.1. The number of nitrogens with zero attached hydrogens (tertiary/aromatic N) is 1. The minimum Gasteiger partial charge on any atom is -0.481 e. The standard InChI is InChI=1S/C17H20N2O6/c1-3-13-17(24)19(9-10(2)20)12-5-4-11(8-14(12)25-13)18-15(21)6-7-16(22)23/h4-5,8,13H,3,6-7,9H2,1-2H3,(H,18,21)(H,22,23). The maximum atomic E-state index is 12.4. The van der Waals surface area contributed by atoms with Gasteiger partial charge in [0.1, 0.15) is 11.5 Å². The Morgan fingerprint density at radius 3 is 2.60 bits per heavy atom. The van der Waals surface area contributed by atoms with E-state index in [9.17, 15) is 19.2 Å². The van der Waals surface area contributed by atoms with Crippen molar-refractivity contribution in [2.45, 2.75) is 39.2 Å². The average Bonchev–Trinajstić information content (AvgIpc) is 2.55. The lowest BCUT2D eigenvalue weighted by Crippen LogP contribution is -2.47. The van der Waals surface area contributed by atoms with Gasteiger partial charge in [-0.25, -0.2) is 0 Å². The van der Waals surface area contributed by atoms with E-state index >= 15 is 0 Å². The topological polar surface area (TPSA) is 113 Å². The van der Waals surface area contributed by atoms with Crippen molar-refractivity contribution in [3.05, 3.63) is 18.2 Å². The van der Waals surface area contributed by atoms with Crippen LogP contribution < -0.4 is 15.0 Å². The van der Waals surface area contributed by atoms with Crippen LogP contribution in [0.5, 0.6) is 5.75 Å². The van der Waals surface area contributed by atoms with Gasteiger partial charge in [-0.05, 0) is 25.5 Å². The number of carboxylic acids is 1. The van der Waals surface area contributed by atoms with Gasteiger partial charge in [0.25, 0.3) is 5.91 Å². The smallest absolute Gasteiger partial charge is 0.303 e. The van der Waals surface area contributed by atoms with Gasteiger partial charge in [0, 0.05) is 18.2 Å². The summed E-state index contributed by atoms with van der Waals surface area (Å²) >= 11 is 0. The largest absolute Gasteiger partial charge is 0.481 e. The molecule has 0 aromatic heterocycles. The van der Waals surface area contributed by atoms with Crippen LogP contribution in [-0.4, -0.2) is 41.3 Å². The molecule has 0 bridgehead atoms. The third-order valence-electron chi connectivity index (χ3n) is 3.66. The first-order valence-corrected chi connectivity index (χ1v) is 7.95. The zero-order chi connectivity index (χ0) is 18.6. The lowest BCUT2D eigenvalue weighted by molar-refractivity contribution is -0.138. The summed E-state index contributed by atoms with van der Waals surface area (Å²) in [5.41, 5.74) is 0.898. The quantitative estimate of drug-likeness (QED) is 0.773. The Morgan fingerprint density at radius 2 is 2.00 bits per heavy atom. The number of ether oxygens (including phenoxy) is 1. The second-order valence-electron chi connectivity index (χ2n) is 5.77. The van der Waals surface area contributed by atoms with Crippen LogP contribution in [0, 0.1) is 0 Å². The summed E-state index contributed by atoms with van der Waals surface area (Å²) in [7, 11) is 0. The molecule has 134 valence electrons. The zero-order valence-corrected chi connectivity index (χ0v) is 14.1. The second-order valence-corrected chi connectivity index (χ2v) is 5.77. The molecule has 1 atom stereocenters. The maximum Gasteiger partial charge on any atom is 0.303 e. The molecule has 0 fully saturated rings. The first-order chi connectivity index (χ1) is 11.8. The molecule has 25 heavy (non-hydrogen) atoms. The Labute approximate surface area is 144 Å². The summed E-state index contributed by atoms with van der Waals surface area (Å²) in [6.07, 6.45) is -0.641. The molecule has 1 heterocycles. The summed E-state index contributed by atoms with van der Waals surface area (Å²) in [6, 6.07) is 4.73. The molecule has 2 N–H and O–H groups in total. The summed E-state index contributed by atoms with van der Waals surface area (Å²) < 4.78 is 5.68. The average molecular weight is 348 g/mol. The number of anilines is 2. The maximum absolute atomic E-state index is 12.4. The summed E-state index contributed by atoms with van der Waals surface area (Å²) in [4.78, 5) is 47.5. The number of nitrogens with one attached hydrogen (secondary N) is 1. The highest BCUT2D eigenvalue weighted by molar-refractivity contribution is 6.04. The molecular weight excluding hydrogens is 328 g/mol. The van der Waals surface area contributed by atoms with E-state index in [1.165, 1.54) is 11.8 Å². The van der Waals surface area contributed by atoms with Crippen LogP contribution in [-0.2, 0) is 19.2 Å². The summed E-state index contributed by atoms with van der Waals surface area (Å²) in [6.45, 7) is 3.16. The van der Waals surface area contributed by atoms with Crippen LogP contribution in [0.3, 0.4) is 0 Å². The molecule has 2 rings (SSSR count). The molecule has 0 spiro atoms. The zero-order valence-electron chi connectivity index (χ0n) is 14.1. The van der Waals surface area contributed by atoms with Crippen LogP contribution in [0.1, 0.15) is 33.1 Å². The fourth-order valence-electron chi connectivity index (χ4n) is 2.49. The van der Waals surface area contributed by atoms with Gasteiger partial charge >= 0.3 is 5.97 Å². The number of amides is 2. The van der Waals surface area contributed by atoms with Crippen LogP contribution in [0.15, 0.2) is 18.2 Å². The summed E-state index contributed by atoms with van der Waals surface area (Å²) in [5.74, 6) is -1.51. The van der Waals surface area contributed by atoms with Gasteiger partial charge in [-0.2, -0.15) is 0 Å². The number of carbonyl (C=O) groups excluding carboxylic acids is 3. The van der Waals surface area contributed by atoms with Gasteiger partial charge in [0.15, 0.2) is 6.10 Å². The third kappa shape index (κ3) is 4.56. The minimum absolute atomic E-state index is 0.0456. The van der Waals surface area contributed by atoms with Gasteiger partial charge in [-0.1, -0.05) is 6.92 Å². The molecule has 1 aliphatic heterocycles. The number of hydrogen-bond donors (Lipinski definition) is 2. The van der Waals surface area contributed by atoms with E-state index in [2.05, 4.69) is 5.32 Å².